The summed E-state index contributed by atoms with van der Waals surface area (Å²) < 4.78 is 0. The first kappa shape index (κ1) is 12.5. The molecule has 0 radical (unpaired) electrons. The number of nitrogens with one attached hydrogen (secondary N) is 1. The summed E-state index contributed by atoms with van der Waals surface area (Å²) in [6.07, 6.45) is 8.50. The molecule has 3 fully saturated rings. The number of rotatable bonds is 3. The topological polar surface area (TPSA) is 55.1 Å². The van der Waals surface area contributed by atoms with Gasteiger partial charge in [-0.1, -0.05) is 26.2 Å². The Morgan fingerprint density at radius 2 is 2.00 bits per heavy atom. The van der Waals surface area contributed by atoms with Crippen molar-refractivity contribution in [3.63, 3.8) is 0 Å². The molecule has 18 heavy (non-hydrogen) atoms. The minimum atomic E-state index is -0.0916. The standard InChI is InChI=1S/C15H26N2O/c1-10-4-3-7-15(8-10,9-16)17-14(18)13-11-5-2-6-12(11)13/h10-13H,2-9,16H2,1H3,(H,17,18). The summed E-state index contributed by atoms with van der Waals surface area (Å²) in [4.78, 5) is 12.4. The quantitative estimate of drug-likeness (QED) is 0.805. The fourth-order valence-corrected chi connectivity index (χ4v) is 4.57. The van der Waals surface area contributed by atoms with Gasteiger partial charge in [0.25, 0.3) is 0 Å². The van der Waals surface area contributed by atoms with E-state index < -0.39 is 0 Å². The van der Waals surface area contributed by atoms with Gasteiger partial charge in [0.05, 0.1) is 5.54 Å². The third-order valence-electron chi connectivity index (χ3n) is 5.58. The maximum atomic E-state index is 12.4. The van der Waals surface area contributed by atoms with Crippen molar-refractivity contribution in [2.45, 2.75) is 57.4 Å². The van der Waals surface area contributed by atoms with Gasteiger partial charge in [0, 0.05) is 12.5 Å². The lowest BCUT2D eigenvalue weighted by molar-refractivity contribution is -0.125. The van der Waals surface area contributed by atoms with Gasteiger partial charge in [-0.3, -0.25) is 4.79 Å². The summed E-state index contributed by atoms with van der Waals surface area (Å²) in [5.41, 5.74) is 5.88. The highest BCUT2D eigenvalue weighted by atomic mass is 16.2. The largest absolute Gasteiger partial charge is 0.349 e. The van der Waals surface area contributed by atoms with Gasteiger partial charge in [-0.15, -0.1) is 0 Å². The number of carbonyl (C=O) groups is 1. The van der Waals surface area contributed by atoms with Crippen molar-refractivity contribution in [1.82, 2.24) is 5.32 Å². The molecular weight excluding hydrogens is 224 g/mol. The predicted octanol–water partition coefficient (Wildman–Crippen LogP) is 2.06. The Kier molecular flexibility index (Phi) is 3.13. The molecule has 3 N–H and O–H groups in total. The van der Waals surface area contributed by atoms with Crippen LogP contribution in [0.25, 0.3) is 0 Å². The molecule has 0 saturated heterocycles. The van der Waals surface area contributed by atoms with Crippen LogP contribution in [0.1, 0.15) is 51.9 Å². The number of amides is 1. The molecule has 4 atom stereocenters. The fraction of sp³-hybridized carbons (Fsp3) is 0.933. The maximum Gasteiger partial charge on any atom is 0.224 e. The molecule has 3 heteroatoms. The summed E-state index contributed by atoms with van der Waals surface area (Å²) in [6, 6.07) is 0. The van der Waals surface area contributed by atoms with Crippen LogP contribution in [0.15, 0.2) is 0 Å². The Bertz CT molecular complexity index is 333. The Balaban J connectivity index is 1.61. The van der Waals surface area contributed by atoms with E-state index >= 15 is 0 Å². The van der Waals surface area contributed by atoms with Crippen molar-refractivity contribution in [1.29, 1.82) is 0 Å². The third-order valence-corrected chi connectivity index (χ3v) is 5.58. The summed E-state index contributed by atoms with van der Waals surface area (Å²) in [5, 5.41) is 3.34. The molecule has 3 nitrogen and oxygen atoms in total. The molecule has 0 aromatic carbocycles. The second kappa shape index (κ2) is 4.52. The SMILES string of the molecule is CC1CCCC(CN)(NC(=O)C2C3CCCC32)C1. The minimum absolute atomic E-state index is 0.0916. The molecule has 4 unspecified atom stereocenters. The van der Waals surface area contributed by atoms with Gasteiger partial charge in [-0.2, -0.15) is 0 Å². The van der Waals surface area contributed by atoms with Crippen molar-refractivity contribution in [3.05, 3.63) is 0 Å². The van der Waals surface area contributed by atoms with Crippen LogP contribution in [0.4, 0.5) is 0 Å². The third kappa shape index (κ3) is 2.07. The Hall–Kier alpha value is -0.570. The van der Waals surface area contributed by atoms with E-state index in [2.05, 4.69) is 12.2 Å². The van der Waals surface area contributed by atoms with Crippen molar-refractivity contribution in [2.24, 2.45) is 29.4 Å². The molecule has 102 valence electrons. The zero-order chi connectivity index (χ0) is 12.8. The van der Waals surface area contributed by atoms with Crippen LogP contribution >= 0.6 is 0 Å². The van der Waals surface area contributed by atoms with Gasteiger partial charge in [-0.05, 0) is 43.4 Å². The molecule has 3 aliphatic rings. The van der Waals surface area contributed by atoms with Crippen LogP contribution in [0.3, 0.4) is 0 Å². The van der Waals surface area contributed by atoms with Crippen molar-refractivity contribution < 1.29 is 4.79 Å². The molecule has 3 aliphatic carbocycles. The van der Waals surface area contributed by atoms with E-state index in [4.69, 9.17) is 5.73 Å². The lowest BCUT2D eigenvalue weighted by Gasteiger charge is -2.40. The van der Waals surface area contributed by atoms with E-state index in [-0.39, 0.29) is 5.54 Å². The van der Waals surface area contributed by atoms with E-state index in [0.717, 1.165) is 12.8 Å². The zero-order valence-electron chi connectivity index (χ0n) is 11.5. The van der Waals surface area contributed by atoms with Gasteiger partial charge in [0.1, 0.15) is 0 Å². The number of hydrogen-bond acceptors (Lipinski definition) is 2. The van der Waals surface area contributed by atoms with Crippen LogP contribution in [0.5, 0.6) is 0 Å². The molecule has 1 amide bonds. The predicted molar refractivity (Wildman–Crippen MR) is 71.9 cm³/mol. The molecule has 0 heterocycles. The van der Waals surface area contributed by atoms with Crippen molar-refractivity contribution in [3.8, 4) is 0 Å². The molecular formula is C15H26N2O. The van der Waals surface area contributed by atoms with Gasteiger partial charge < -0.3 is 11.1 Å². The van der Waals surface area contributed by atoms with Crippen LogP contribution in [0.2, 0.25) is 0 Å². The molecule has 0 spiro atoms. The first-order valence-corrected chi connectivity index (χ1v) is 7.67. The molecule has 0 aromatic rings. The summed E-state index contributed by atoms with van der Waals surface area (Å²) >= 11 is 0. The van der Waals surface area contributed by atoms with Crippen LogP contribution in [-0.4, -0.2) is 18.0 Å². The highest BCUT2D eigenvalue weighted by Gasteiger charge is 2.57. The van der Waals surface area contributed by atoms with Gasteiger partial charge in [0.15, 0.2) is 0 Å². The van der Waals surface area contributed by atoms with Crippen LogP contribution in [0, 0.1) is 23.7 Å². The Morgan fingerprint density at radius 3 is 2.61 bits per heavy atom. The molecule has 0 aromatic heterocycles. The van der Waals surface area contributed by atoms with Crippen molar-refractivity contribution >= 4 is 5.91 Å². The number of hydrogen-bond donors (Lipinski definition) is 2. The normalized spacial score (nSPS) is 46.6. The first-order valence-electron chi connectivity index (χ1n) is 7.67. The monoisotopic (exact) mass is 250 g/mol. The molecule has 0 aliphatic heterocycles. The van der Waals surface area contributed by atoms with Gasteiger partial charge in [0.2, 0.25) is 5.91 Å². The summed E-state index contributed by atoms with van der Waals surface area (Å²) in [5.74, 6) is 2.76. The lowest BCUT2D eigenvalue weighted by Crippen LogP contribution is -2.56. The average molecular weight is 250 g/mol. The van der Waals surface area contributed by atoms with E-state index in [1.54, 1.807) is 0 Å². The summed E-state index contributed by atoms with van der Waals surface area (Å²) in [7, 11) is 0. The highest BCUT2D eigenvalue weighted by Crippen LogP contribution is 2.57. The van der Waals surface area contributed by atoms with Gasteiger partial charge in [-0.25, -0.2) is 0 Å². The zero-order valence-corrected chi connectivity index (χ0v) is 11.5. The molecule has 0 bridgehead atoms. The van der Waals surface area contributed by atoms with Crippen LogP contribution in [-0.2, 0) is 4.79 Å². The van der Waals surface area contributed by atoms with E-state index in [9.17, 15) is 4.79 Å². The minimum Gasteiger partial charge on any atom is -0.349 e. The second-order valence-electron chi connectivity index (χ2n) is 6.96. The number of nitrogens with two attached hydrogens (primary N) is 1. The maximum absolute atomic E-state index is 12.4. The second-order valence-corrected chi connectivity index (χ2v) is 6.96. The van der Waals surface area contributed by atoms with Crippen LogP contribution < -0.4 is 11.1 Å². The smallest absolute Gasteiger partial charge is 0.224 e. The lowest BCUT2D eigenvalue weighted by atomic mass is 9.76. The van der Waals surface area contributed by atoms with E-state index in [1.165, 1.54) is 32.1 Å². The van der Waals surface area contributed by atoms with Crippen molar-refractivity contribution in [2.75, 3.05) is 6.54 Å². The fourth-order valence-electron chi connectivity index (χ4n) is 4.57. The van der Waals surface area contributed by atoms with E-state index in [1.807, 2.05) is 0 Å². The Labute approximate surface area is 110 Å². The summed E-state index contributed by atoms with van der Waals surface area (Å²) in [6.45, 7) is 2.88. The van der Waals surface area contributed by atoms with E-state index in [0.29, 0.717) is 36.1 Å². The number of fused-ring (bicyclic) bond motifs is 1. The van der Waals surface area contributed by atoms with Gasteiger partial charge >= 0.3 is 0 Å². The molecule has 3 rings (SSSR count). The average Bonchev–Trinajstić information content (AvgIpc) is 2.84. The Morgan fingerprint density at radius 1 is 1.28 bits per heavy atom. The number of carbonyl (C=O) groups excluding carboxylic acids is 1. The highest BCUT2D eigenvalue weighted by molar-refractivity contribution is 5.83. The molecule has 3 saturated carbocycles. The first-order chi connectivity index (χ1) is 8.65.